The van der Waals surface area contributed by atoms with Crippen LogP contribution in [0.5, 0.6) is 11.5 Å². The van der Waals surface area contributed by atoms with Gasteiger partial charge in [-0.15, -0.1) is 46.4 Å². The van der Waals surface area contributed by atoms with Crippen LogP contribution in [0.4, 0.5) is 11.4 Å². The quantitative estimate of drug-likeness (QED) is 0.0903. The molecule has 6 nitrogen and oxygen atoms in total. The van der Waals surface area contributed by atoms with Gasteiger partial charge in [0.05, 0.1) is 11.2 Å². The Morgan fingerprint density at radius 3 is 1.83 bits per heavy atom. The van der Waals surface area contributed by atoms with Gasteiger partial charge in [-0.25, -0.2) is 4.98 Å². The van der Waals surface area contributed by atoms with Crippen LogP contribution < -0.4 is 14.8 Å². The lowest BCUT2D eigenvalue weighted by Gasteiger charge is -2.20. The molecule has 220 valence electrons. The number of nitrogens with one attached hydrogen (secondary N) is 1. The van der Waals surface area contributed by atoms with E-state index in [9.17, 15) is 0 Å². The monoisotopic (exact) mass is 636 g/mol. The summed E-state index contributed by atoms with van der Waals surface area (Å²) in [5, 5.41) is 5.65. The number of fused-ring (bicyclic) bond motifs is 2. The molecular formula is C31H36Cl4N4O2. The van der Waals surface area contributed by atoms with Crippen molar-refractivity contribution in [1.82, 2.24) is 14.8 Å². The first kappa shape index (κ1) is 31.7. The van der Waals surface area contributed by atoms with E-state index in [1.165, 1.54) is 0 Å². The highest BCUT2D eigenvalue weighted by atomic mass is 35.5. The first-order valence-electron chi connectivity index (χ1n) is 13.8. The van der Waals surface area contributed by atoms with Crippen LogP contribution in [-0.2, 0) is 0 Å². The van der Waals surface area contributed by atoms with Gasteiger partial charge in [0, 0.05) is 79.2 Å². The Bertz CT molecular complexity index is 1350. The first-order valence-corrected chi connectivity index (χ1v) is 15.9. The number of hydrogen-bond donors (Lipinski definition) is 1. The van der Waals surface area contributed by atoms with E-state index in [2.05, 4.69) is 27.2 Å². The molecule has 1 aromatic heterocycles. The van der Waals surface area contributed by atoms with E-state index in [1.807, 2.05) is 54.6 Å². The molecular weight excluding hydrogens is 602 g/mol. The van der Waals surface area contributed by atoms with Crippen LogP contribution in [0.25, 0.3) is 21.8 Å². The van der Waals surface area contributed by atoms with Crippen molar-refractivity contribution >= 4 is 79.6 Å². The van der Waals surface area contributed by atoms with E-state index in [0.29, 0.717) is 36.7 Å². The van der Waals surface area contributed by atoms with Crippen molar-refractivity contribution in [3.63, 3.8) is 0 Å². The number of hydrogen-bond acceptors (Lipinski definition) is 6. The van der Waals surface area contributed by atoms with E-state index in [1.54, 1.807) is 0 Å². The second-order valence-electron chi connectivity index (χ2n) is 9.44. The maximum absolute atomic E-state index is 6.24. The zero-order valence-electron chi connectivity index (χ0n) is 23.0. The largest absolute Gasteiger partial charge is 0.492 e. The van der Waals surface area contributed by atoms with Gasteiger partial charge < -0.3 is 14.8 Å². The van der Waals surface area contributed by atoms with Crippen LogP contribution in [0.15, 0.2) is 66.7 Å². The van der Waals surface area contributed by atoms with Gasteiger partial charge in [0.2, 0.25) is 0 Å². The molecule has 41 heavy (non-hydrogen) atoms. The highest BCUT2D eigenvalue weighted by Crippen LogP contribution is 2.37. The lowest BCUT2D eigenvalue weighted by Crippen LogP contribution is -2.32. The lowest BCUT2D eigenvalue weighted by atomic mass is 10.1. The van der Waals surface area contributed by atoms with E-state index in [-0.39, 0.29) is 0 Å². The molecule has 0 saturated carbocycles. The molecule has 10 heteroatoms. The Balaban J connectivity index is 1.51. The van der Waals surface area contributed by atoms with Crippen molar-refractivity contribution in [2.24, 2.45) is 0 Å². The number of nitrogens with zero attached hydrogens (tertiary/aromatic N) is 3. The molecule has 1 heterocycles. The summed E-state index contributed by atoms with van der Waals surface area (Å²) in [6.07, 6.45) is 0. The molecule has 0 atom stereocenters. The predicted molar refractivity (Wildman–Crippen MR) is 176 cm³/mol. The Labute approximate surface area is 262 Å². The number of anilines is 2. The minimum absolute atomic E-state index is 0.515. The Hall–Kier alpha value is -2.19. The van der Waals surface area contributed by atoms with E-state index < -0.39 is 0 Å². The maximum Gasteiger partial charge on any atom is 0.145 e. The minimum atomic E-state index is 0.515. The fraction of sp³-hybridized carbons (Fsp3) is 0.387. The lowest BCUT2D eigenvalue weighted by molar-refractivity contribution is 0.224. The Kier molecular flexibility index (Phi) is 13.2. The van der Waals surface area contributed by atoms with Crippen molar-refractivity contribution in [3.8, 4) is 11.5 Å². The van der Waals surface area contributed by atoms with E-state index >= 15 is 0 Å². The van der Waals surface area contributed by atoms with Gasteiger partial charge in [0.1, 0.15) is 30.2 Å². The van der Waals surface area contributed by atoms with Gasteiger partial charge >= 0.3 is 0 Å². The number of benzene rings is 3. The molecule has 0 spiro atoms. The summed E-state index contributed by atoms with van der Waals surface area (Å²) in [4.78, 5) is 9.37. The van der Waals surface area contributed by atoms with Crippen molar-refractivity contribution in [2.75, 3.05) is 81.3 Å². The summed E-state index contributed by atoms with van der Waals surface area (Å²) in [5.74, 6) is 3.82. The van der Waals surface area contributed by atoms with Gasteiger partial charge in [0.15, 0.2) is 0 Å². The van der Waals surface area contributed by atoms with Gasteiger partial charge in [0.25, 0.3) is 0 Å². The van der Waals surface area contributed by atoms with Crippen molar-refractivity contribution in [1.29, 1.82) is 0 Å². The molecule has 0 radical (unpaired) electrons. The summed E-state index contributed by atoms with van der Waals surface area (Å²) in [6.45, 7) is 5.72. The topological polar surface area (TPSA) is 49.9 Å². The van der Waals surface area contributed by atoms with E-state index in [0.717, 1.165) is 83.9 Å². The van der Waals surface area contributed by atoms with E-state index in [4.69, 9.17) is 60.9 Å². The molecule has 1 N–H and O–H groups in total. The van der Waals surface area contributed by atoms with Gasteiger partial charge in [-0.3, -0.25) is 9.80 Å². The highest BCUT2D eigenvalue weighted by molar-refractivity contribution is 6.18. The fourth-order valence-corrected chi connectivity index (χ4v) is 5.60. The third kappa shape index (κ3) is 9.15. The number of aromatic nitrogens is 1. The van der Waals surface area contributed by atoms with Gasteiger partial charge in [-0.2, -0.15) is 0 Å². The third-order valence-corrected chi connectivity index (χ3v) is 7.42. The van der Waals surface area contributed by atoms with Crippen LogP contribution in [0.1, 0.15) is 0 Å². The molecule has 0 amide bonds. The smallest absolute Gasteiger partial charge is 0.145 e. The predicted octanol–water partition coefficient (Wildman–Crippen LogP) is 7.45. The Morgan fingerprint density at radius 2 is 1.20 bits per heavy atom. The zero-order chi connectivity index (χ0) is 28.9. The van der Waals surface area contributed by atoms with Crippen molar-refractivity contribution in [2.45, 2.75) is 0 Å². The molecule has 0 aliphatic carbocycles. The van der Waals surface area contributed by atoms with Crippen molar-refractivity contribution < 1.29 is 9.47 Å². The summed E-state index contributed by atoms with van der Waals surface area (Å²) in [7, 11) is 0. The third-order valence-electron chi connectivity index (χ3n) is 6.74. The maximum atomic E-state index is 6.24. The number of pyridine rings is 1. The molecule has 3 aromatic carbocycles. The molecule has 0 aliphatic rings. The summed E-state index contributed by atoms with van der Waals surface area (Å²) in [6, 6.07) is 22.2. The molecule has 0 unspecified atom stereocenters. The van der Waals surface area contributed by atoms with Crippen LogP contribution in [0.3, 0.4) is 0 Å². The molecule has 4 rings (SSSR count). The van der Waals surface area contributed by atoms with Crippen molar-refractivity contribution in [3.05, 3.63) is 66.7 Å². The minimum Gasteiger partial charge on any atom is -0.492 e. The van der Waals surface area contributed by atoms with Crippen LogP contribution >= 0.6 is 46.4 Å². The molecule has 0 saturated heterocycles. The second kappa shape index (κ2) is 17.1. The molecule has 4 aromatic rings. The fourth-order valence-electron chi connectivity index (χ4n) is 4.64. The Morgan fingerprint density at radius 1 is 0.610 bits per heavy atom. The normalized spacial score (nSPS) is 11.6. The summed E-state index contributed by atoms with van der Waals surface area (Å²) >= 11 is 23.7. The number of alkyl halides is 4. The number of ether oxygens (including phenoxy) is 2. The summed E-state index contributed by atoms with van der Waals surface area (Å²) < 4.78 is 12.2. The SMILES string of the molecule is ClCCN(CCCl)CCOc1ccc(Nc2c3ccccc3nc3c(OCCN(CCCl)CCCl)cccc23)cc1. The first-order chi connectivity index (χ1) is 20.2. The molecule has 0 bridgehead atoms. The van der Waals surface area contributed by atoms with Crippen LogP contribution in [0.2, 0.25) is 0 Å². The average Bonchev–Trinajstić information content (AvgIpc) is 2.98. The molecule has 0 fully saturated rings. The van der Waals surface area contributed by atoms with Crippen LogP contribution in [0, 0.1) is 0 Å². The van der Waals surface area contributed by atoms with Crippen LogP contribution in [-0.4, -0.2) is 90.8 Å². The average molecular weight is 638 g/mol. The molecule has 0 aliphatic heterocycles. The van der Waals surface area contributed by atoms with Gasteiger partial charge in [-0.05, 0) is 36.4 Å². The number of para-hydroxylation sites is 2. The zero-order valence-corrected chi connectivity index (χ0v) is 26.0. The number of rotatable bonds is 18. The standard InChI is InChI=1S/C31H36Cl4N4O2/c32-12-16-38(17-13-33)20-22-40-25-10-8-24(9-11-25)36-30-26-4-1-2-6-28(26)37-31-27(30)5-3-7-29(31)41-23-21-39(18-14-34)19-15-35/h1-11H,12-23H2,(H,36,37). The highest BCUT2D eigenvalue weighted by Gasteiger charge is 2.14. The van der Waals surface area contributed by atoms with Gasteiger partial charge in [-0.1, -0.05) is 30.3 Å². The number of halogens is 4. The summed E-state index contributed by atoms with van der Waals surface area (Å²) in [5.41, 5.74) is 3.63. The second-order valence-corrected chi connectivity index (χ2v) is 11.0.